The molecule has 116 valence electrons. The molecular formula is C14H19ClN2O3S. The fourth-order valence-electron chi connectivity index (χ4n) is 2.15. The second-order valence-electron chi connectivity index (χ2n) is 5.20. The number of nitrogens with one attached hydrogen (secondary N) is 1. The van der Waals surface area contributed by atoms with Gasteiger partial charge in [0.05, 0.1) is 21.2 Å². The lowest BCUT2D eigenvalue weighted by Crippen LogP contribution is -2.41. The van der Waals surface area contributed by atoms with Crippen molar-refractivity contribution in [2.75, 3.05) is 12.3 Å². The molecule has 5 nitrogen and oxygen atoms in total. The van der Waals surface area contributed by atoms with Gasteiger partial charge in [-0.05, 0) is 37.0 Å². The molecule has 1 amide bonds. The third-order valence-corrected chi connectivity index (χ3v) is 5.74. The van der Waals surface area contributed by atoms with Crippen molar-refractivity contribution >= 4 is 27.3 Å². The highest BCUT2D eigenvalue weighted by molar-refractivity contribution is 7.91. The molecule has 1 aromatic rings. The number of sulfone groups is 1. The van der Waals surface area contributed by atoms with E-state index in [4.69, 9.17) is 17.3 Å². The molecule has 7 heteroatoms. The van der Waals surface area contributed by atoms with Crippen molar-refractivity contribution < 1.29 is 13.2 Å². The molecular weight excluding hydrogens is 312 g/mol. The first-order chi connectivity index (χ1) is 9.89. The molecule has 0 aromatic heterocycles. The molecule has 1 aromatic carbocycles. The molecule has 0 saturated heterocycles. The van der Waals surface area contributed by atoms with Gasteiger partial charge in [-0.1, -0.05) is 18.5 Å². The Labute approximate surface area is 129 Å². The van der Waals surface area contributed by atoms with Gasteiger partial charge < -0.3 is 11.1 Å². The maximum absolute atomic E-state index is 12.3. The van der Waals surface area contributed by atoms with Crippen LogP contribution in [0.5, 0.6) is 0 Å². The molecule has 0 unspecified atom stereocenters. The molecule has 1 aliphatic carbocycles. The van der Waals surface area contributed by atoms with Gasteiger partial charge in [-0.3, -0.25) is 4.79 Å². The van der Waals surface area contributed by atoms with Crippen LogP contribution in [0.25, 0.3) is 0 Å². The molecule has 0 spiro atoms. The maximum Gasteiger partial charge on any atom is 0.253 e. The Morgan fingerprint density at radius 1 is 1.48 bits per heavy atom. The Balaban J connectivity index is 2.25. The Hall–Kier alpha value is -1.11. The number of benzene rings is 1. The number of carbonyl (C=O) groups excluding carboxylic acids is 1. The molecule has 0 radical (unpaired) electrons. The molecule has 0 bridgehead atoms. The Morgan fingerprint density at radius 3 is 2.67 bits per heavy atom. The van der Waals surface area contributed by atoms with E-state index in [1.807, 2.05) is 0 Å². The van der Waals surface area contributed by atoms with Crippen molar-refractivity contribution in [2.24, 2.45) is 11.7 Å². The van der Waals surface area contributed by atoms with Gasteiger partial charge in [0.15, 0.2) is 9.84 Å². The Morgan fingerprint density at radius 2 is 2.14 bits per heavy atom. The molecule has 0 heterocycles. The van der Waals surface area contributed by atoms with E-state index in [0.717, 1.165) is 12.8 Å². The van der Waals surface area contributed by atoms with Crippen molar-refractivity contribution in [2.45, 2.75) is 30.7 Å². The quantitative estimate of drug-likeness (QED) is 0.829. The maximum atomic E-state index is 12.3. The van der Waals surface area contributed by atoms with E-state index < -0.39 is 9.84 Å². The molecule has 3 N–H and O–H groups in total. The molecule has 0 aliphatic heterocycles. The summed E-state index contributed by atoms with van der Waals surface area (Å²) in [4.78, 5) is 12.4. The van der Waals surface area contributed by atoms with E-state index in [0.29, 0.717) is 12.5 Å². The van der Waals surface area contributed by atoms with Crippen molar-refractivity contribution in [3.8, 4) is 0 Å². The number of hydrogen-bond acceptors (Lipinski definition) is 4. The van der Waals surface area contributed by atoms with Gasteiger partial charge in [0.25, 0.3) is 5.91 Å². The summed E-state index contributed by atoms with van der Waals surface area (Å²) in [6.45, 7) is 1.92. The summed E-state index contributed by atoms with van der Waals surface area (Å²) in [6, 6.07) is 4.10. The second kappa shape index (κ2) is 6.34. The monoisotopic (exact) mass is 330 g/mol. The van der Waals surface area contributed by atoms with Crippen LogP contribution in [-0.2, 0) is 9.84 Å². The second-order valence-corrected chi connectivity index (χ2v) is 7.88. The van der Waals surface area contributed by atoms with Gasteiger partial charge in [0, 0.05) is 12.6 Å². The van der Waals surface area contributed by atoms with E-state index in [1.165, 1.54) is 18.2 Å². The summed E-state index contributed by atoms with van der Waals surface area (Å²) in [6.07, 6.45) is 2.11. The number of carbonyl (C=O) groups is 1. The molecule has 1 fully saturated rings. The van der Waals surface area contributed by atoms with Crippen LogP contribution >= 0.6 is 11.6 Å². The summed E-state index contributed by atoms with van der Waals surface area (Å²) in [5.41, 5.74) is 5.83. The summed E-state index contributed by atoms with van der Waals surface area (Å²) in [7, 11) is -3.37. The first kappa shape index (κ1) is 16.3. The van der Waals surface area contributed by atoms with E-state index >= 15 is 0 Å². The van der Waals surface area contributed by atoms with E-state index in [2.05, 4.69) is 5.32 Å². The molecule has 21 heavy (non-hydrogen) atoms. The minimum absolute atomic E-state index is 0.0246. The number of hydrogen-bond donors (Lipinski definition) is 2. The van der Waals surface area contributed by atoms with Crippen LogP contribution in [-0.4, -0.2) is 32.7 Å². The number of rotatable bonds is 6. The van der Waals surface area contributed by atoms with Crippen LogP contribution in [0.4, 0.5) is 0 Å². The zero-order valence-corrected chi connectivity index (χ0v) is 13.4. The third kappa shape index (κ3) is 3.75. The first-order valence-electron chi connectivity index (χ1n) is 6.92. The van der Waals surface area contributed by atoms with E-state index in [1.54, 1.807) is 6.92 Å². The standard InChI is InChI=1S/C14H19ClN2O3S/c1-2-21(19,20)10-5-6-12(15)11(7-10)14(18)17-13(8-16)9-3-4-9/h5-7,9,13H,2-4,8,16H2,1H3,(H,17,18)/t13-/m0/s1. The van der Waals surface area contributed by atoms with Gasteiger partial charge in [-0.2, -0.15) is 0 Å². The normalized spacial score (nSPS) is 16.5. The van der Waals surface area contributed by atoms with Gasteiger partial charge in [-0.25, -0.2) is 8.42 Å². The minimum Gasteiger partial charge on any atom is -0.348 e. The van der Waals surface area contributed by atoms with Crippen LogP contribution in [0.1, 0.15) is 30.1 Å². The smallest absolute Gasteiger partial charge is 0.253 e. The lowest BCUT2D eigenvalue weighted by atomic mass is 10.1. The number of nitrogens with two attached hydrogens (primary N) is 1. The van der Waals surface area contributed by atoms with E-state index in [9.17, 15) is 13.2 Å². The highest BCUT2D eigenvalue weighted by Gasteiger charge is 2.31. The van der Waals surface area contributed by atoms with Gasteiger partial charge in [0.1, 0.15) is 0 Å². The van der Waals surface area contributed by atoms with Crippen LogP contribution < -0.4 is 11.1 Å². The number of halogens is 1. The van der Waals surface area contributed by atoms with Crippen molar-refractivity contribution in [1.82, 2.24) is 5.32 Å². The zero-order valence-electron chi connectivity index (χ0n) is 11.8. The topological polar surface area (TPSA) is 89.3 Å². The SMILES string of the molecule is CCS(=O)(=O)c1ccc(Cl)c(C(=O)N[C@@H](CN)C2CC2)c1. The van der Waals surface area contributed by atoms with Crippen molar-refractivity contribution in [3.05, 3.63) is 28.8 Å². The predicted octanol–water partition coefficient (Wildman–Crippen LogP) is 1.60. The zero-order chi connectivity index (χ0) is 15.6. The van der Waals surface area contributed by atoms with Gasteiger partial charge >= 0.3 is 0 Å². The van der Waals surface area contributed by atoms with E-state index in [-0.39, 0.29) is 33.2 Å². The fourth-order valence-corrected chi connectivity index (χ4v) is 3.26. The van der Waals surface area contributed by atoms with Gasteiger partial charge in [-0.15, -0.1) is 0 Å². The first-order valence-corrected chi connectivity index (χ1v) is 8.95. The summed E-state index contributed by atoms with van der Waals surface area (Å²) in [5.74, 6) is 0.0132. The molecule has 1 aliphatic rings. The van der Waals surface area contributed by atoms with Crippen LogP contribution in [0.2, 0.25) is 5.02 Å². The molecule has 2 rings (SSSR count). The summed E-state index contributed by atoms with van der Waals surface area (Å²) in [5, 5.41) is 3.07. The Bertz CT molecular complexity index is 642. The van der Waals surface area contributed by atoms with Crippen LogP contribution in [0.15, 0.2) is 23.1 Å². The predicted molar refractivity (Wildman–Crippen MR) is 82.2 cm³/mol. The lowest BCUT2D eigenvalue weighted by molar-refractivity contribution is 0.0933. The molecule has 1 atom stereocenters. The third-order valence-electron chi connectivity index (χ3n) is 3.68. The number of amides is 1. The largest absolute Gasteiger partial charge is 0.348 e. The summed E-state index contributed by atoms with van der Waals surface area (Å²) < 4.78 is 23.8. The summed E-state index contributed by atoms with van der Waals surface area (Å²) >= 11 is 6.02. The average molecular weight is 331 g/mol. The highest BCUT2D eigenvalue weighted by atomic mass is 35.5. The van der Waals surface area contributed by atoms with Crippen molar-refractivity contribution in [3.63, 3.8) is 0 Å². The minimum atomic E-state index is -3.37. The average Bonchev–Trinajstić information content (AvgIpc) is 3.29. The lowest BCUT2D eigenvalue weighted by Gasteiger charge is -2.17. The molecule has 1 saturated carbocycles. The highest BCUT2D eigenvalue weighted by Crippen LogP contribution is 2.32. The van der Waals surface area contributed by atoms with Crippen LogP contribution in [0.3, 0.4) is 0 Å². The Kier molecular flexibility index (Phi) is 4.91. The fraction of sp³-hybridized carbons (Fsp3) is 0.500. The van der Waals surface area contributed by atoms with Crippen molar-refractivity contribution in [1.29, 1.82) is 0 Å². The van der Waals surface area contributed by atoms with Gasteiger partial charge in [0.2, 0.25) is 0 Å². The van der Waals surface area contributed by atoms with Crippen LogP contribution in [0, 0.1) is 5.92 Å².